The van der Waals surface area contributed by atoms with Gasteiger partial charge in [0.05, 0.1) is 0 Å². The van der Waals surface area contributed by atoms with Crippen molar-refractivity contribution in [3.63, 3.8) is 0 Å². The second-order valence-electron chi connectivity index (χ2n) is 5.19. The fraction of sp³-hybridized carbons (Fsp3) is 0.0625. The van der Waals surface area contributed by atoms with Gasteiger partial charge in [-0.15, -0.1) is 4.83 Å². The lowest BCUT2D eigenvalue weighted by atomic mass is 10.1. The van der Waals surface area contributed by atoms with Crippen molar-refractivity contribution < 1.29 is 26.4 Å². The van der Waals surface area contributed by atoms with Gasteiger partial charge in [-0.2, -0.15) is 0 Å². The maximum Gasteiger partial charge on any atom is 0.302 e. The Bertz CT molecular complexity index is 1080. The number of fused-ring (bicyclic) bond motifs is 1. The van der Waals surface area contributed by atoms with E-state index in [0.29, 0.717) is 28.7 Å². The van der Waals surface area contributed by atoms with E-state index in [1.54, 1.807) is 36.0 Å². The summed E-state index contributed by atoms with van der Waals surface area (Å²) in [5.41, 5.74) is 2.91. The van der Waals surface area contributed by atoms with E-state index in [-0.39, 0.29) is 5.76 Å². The van der Waals surface area contributed by atoms with E-state index in [2.05, 4.69) is 0 Å². The highest BCUT2D eigenvalue weighted by Gasteiger charge is 2.23. The summed E-state index contributed by atoms with van der Waals surface area (Å²) in [5.74, 6) is -3.04. The van der Waals surface area contributed by atoms with Crippen LogP contribution in [0.4, 0.5) is 8.78 Å². The van der Waals surface area contributed by atoms with Crippen molar-refractivity contribution in [2.75, 3.05) is 0 Å². The van der Waals surface area contributed by atoms with Crippen molar-refractivity contribution >= 4 is 26.9 Å². The second-order valence-corrected chi connectivity index (χ2v) is 6.84. The van der Waals surface area contributed by atoms with E-state index in [1.165, 1.54) is 0 Å². The molecule has 9 heteroatoms. The number of halogens is 2. The van der Waals surface area contributed by atoms with Crippen LogP contribution in [-0.2, 0) is 10.0 Å². The summed E-state index contributed by atoms with van der Waals surface area (Å²) in [7, 11) is -4.50. The fourth-order valence-electron chi connectivity index (χ4n) is 2.30. The first-order valence-electron chi connectivity index (χ1n) is 7.05. The molecule has 0 saturated heterocycles. The Labute approximate surface area is 141 Å². The first-order valence-corrected chi connectivity index (χ1v) is 8.53. The normalized spacial score (nSPS) is 11.6. The van der Waals surface area contributed by atoms with Gasteiger partial charge < -0.3 is 4.42 Å². The van der Waals surface area contributed by atoms with E-state index in [9.17, 15) is 22.0 Å². The number of carbonyl (C=O) groups is 1. The molecule has 0 fully saturated rings. The molecule has 6 nitrogen and oxygen atoms in total. The summed E-state index contributed by atoms with van der Waals surface area (Å²) < 4.78 is 56.2. The highest BCUT2D eigenvalue weighted by Crippen LogP contribution is 2.24. The molecule has 0 aliphatic heterocycles. The van der Waals surface area contributed by atoms with Crippen molar-refractivity contribution in [3.05, 3.63) is 65.4 Å². The van der Waals surface area contributed by atoms with Gasteiger partial charge in [0.2, 0.25) is 0 Å². The SMILES string of the molecule is Cc1c(C(=O)NNS(=O)(=O)c2cc(F)ccc2F)oc2ccccc12. The van der Waals surface area contributed by atoms with Crippen LogP contribution < -0.4 is 10.3 Å². The summed E-state index contributed by atoms with van der Waals surface area (Å²) in [6.45, 7) is 1.64. The van der Waals surface area contributed by atoms with E-state index in [4.69, 9.17) is 4.42 Å². The third-order valence-corrected chi connectivity index (χ3v) is 4.79. The number of para-hydroxylation sites is 1. The zero-order valence-corrected chi connectivity index (χ0v) is 13.7. The van der Waals surface area contributed by atoms with Gasteiger partial charge in [0.1, 0.15) is 22.1 Å². The van der Waals surface area contributed by atoms with Crippen LogP contribution >= 0.6 is 0 Å². The van der Waals surface area contributed by atoms with Gasteiger partial charge in [0.25, 0.3) is 10.0 Å². The topological polar surface area (TPSA) is 88.4 Å². The lowest BCUT2D eigenvalue weighted by Crippen LogP contribution is -2.41. The molecule has 1 amide bonds. The summed E-state index contributed by atoms with van der Waals surface area (Å²) in [6, 6.07) is 8.86. The summed E-state index contributed by atoms with van der Waals surface area (Å²) in [5, 5.41) is 0.701. The van der Waals surface area contributed by atoms with Crippen molar-refractivity contribution in [1.29, 1.82) is 0 Å². The Hall–Kier alpha value is -2.78. The molecule has 130 valence electrons. The quantitative estimate of drug-likeness (QED) is 0.695. The third kappa shape index (κ3) is 3.24. The van der Waals surface area contributed by atoms with Gasteiger partial charge in [-0.05, 0) is 31.2 Å². The number of carbonyl (C=O) groups excluding carboxylic acids is 1. The van der Waals surface area contributed by atoms with Gasteiger partial charge in [-0.3, -0.25) is 10.2 Å². The van der Waals surface area contributed by atoms with Crippen LogP contribution in [0.5, 0.6) is 0 Å². The molecule has 2 aromatic carbocycles. The molecule has 0 bridgehead atoms. The van der Waals surface area contributed by atoms with Crippen molar-refractivity contribution in [2.45, 2.75) is 11.8 Å². The Morgan fingerprint density at radius 1 is 1.12 bits per heavy atom. The fourth-order valence-corrected chi connectivity index (χ4v) is 3.23. The molecule has 1 aromatic heterocycles. The molecule has 2 N–H and O–H groups in total. The average molecular weight is 366 g/mol. The van der Waals surface area contributed by atoms with Gasteiger partial charge in [0, 0.05) is 10.9 Å². The van der Waals surface area contributed by atoms with Gasteiger partial charge in [-0.1, -0.05) is 18.2 Å². The van der Waals surface area contributed by atoms with Crippen LogP contribution in [-0.4, -0.2) is 14.3 Å². The largest absolute Gasteiger partial charge is 0.451 e. The lowest BCUT2D eigenvalue weighted by Gasteiger charge is -2.08. The zero-order chi connectivity index (χ0) is 18.2. The van der Waals surface area contributed by atoms with Gasteiger partial charge in [-0.25, -0.2) is 17.2 Å². The van der Waals surface area contributed by atoms with Crippen molar-refractivity contribution in [3.8, 4) is 0 Å². The Balaban J connectivity index is 1.83. The lowest BCUT2D eigenvalue weighted by molar-refractivity contribution is 0.0918. The highest BCUT2D eigenvalue weighted by atomic mass is 32.2. The molecule has 25 heavy (non-hydrogen) atoms. The number of hydrazine groups is 1. The number of sulfonamides is 1. The van der Waals surface area contributed by atoms with E-state index in [0.717, 1.165) is 6.07 Å². The first kappa shape index (κ1) is 17.1. The van der Waals surface area contributed by atoms with E-state index < -0.39 is 32.5 Å². The molecular weight excluding hydrogens is 354 g/mol. The Morgan fingerprint density at radius 3 is 2.56 bits per heavy atom. The second kappa shape index (κ2) is 6.26. The molecule has 0 unspecified atom stereocenters. The number of benzene rings is 2. The smallest absolute Gasteiger partial charge is 0.302 e. The Morgan fingerprint density at radius 2 is 1.84 bits per heavy atom. The zero-order valence-electron chi connectivity index (χ0n) is 12.8. The van der Waals surface area contributed by atoms with Crippen LogP contribution in [0.1, 0.15) is 16.1 Å². The van der Waals surface area contributed by atoms with Crippen LogP contribution in [0.15, 0.2) is 51.8 Å². The molecule has 0 atom stereocenters. The van der Waals surface area contributed by atoms with E-state index in [1.807, 2.05) is 5.43 Å². The molecule has 3 rings (SSSR count). The molecular formula is C16H12F2N2O4S. The van der Waals surface area contributed by atoms with Crippen molar-refractivity contribution in [2.24, 2.45) is 0 Å². The average Bonchev–Trinajstić information content (AvgIpc) is 2.92. The number of furan rings is 1. The number of hydrogen-bond donors (Lipinski definition) is 2. The van der Waals surface area contributed by atoms with Gasteiger partial charge >= 0.3 is 5.91 Å². The van der Waals surface area contributed by atoms with Crippen LogP contribution in [0.2, 0.25) is 0 Å². The van der Waals surface area contributed by atoms with Crippen LogP contribution in [0.3, 0.4) is 0 Å². The highest BCUT2D eigenvalue weighted by molar-refractivity contribution is 7.89. The molecule has 0 aliphatic rings. The summed E-state index contributed by atoms with van der Waals surface area (Å²) in [6.07, 6.45) is 0. The predicted octanol–water partition coefficient (Wildman–Crippen LogP) is 2.64. The molecule has 0 spiro atoms. The minimum atomic E-state index is -4.50. The molecule has 0 radical (unpaired) electrons. The monoisotopic (exact) mass is 366 g/mol. The number of nitrogens with one attached hydrogen (secondary N) is 2. The molecule has 0 aliphatic carbocycles. The molecule has 1 heterocycles. The number of aryl methyl sites for hydroxylation is 1. The van der Waals surface area contributed by atoms with Gasteiger partial charge in [0.15, 0.2) is 5.76 Å². The summed E-state index contributed by atoms with van der Waals surface area (Å²) in [4.78, 5) is 13.0. The summed E-state index contributed by atoms with van der Waals surface area (Å²) >= 11 is 0. The predicted molar refractivity (Wildman–Crippen MR) is 85.1 cm³/mol. The molecule has 0 saturated carbocycles. The van der Waals surface area contributed by atoms with E-state index >= 15 is 0 Å². The number of amides is 1. The minimum absolute atomic E-state index is 0.0939. The third-order valence-electron chi connectivity index (χ3n) is 3.53. The maximum absolute atomic E-state index is 13.6. The van der Waals surface area contributed by atoms with Crippen LogP contribution in [0.25, 0.3) is 11.0 Å². The number of hydrogen-bond acceptors (Lipinski definition) is 4. The molecule has 3 aromatic rings. The maximum atomic E-state index is 13.6. The number of rotatable bonds is 4. The van der Waals surface area contributed by atoms with Crippen LogP contribution in [0, 0.1) is 18.6 Å². The first-order chi connectivity index (χ1) is 11.8. The van der Waals surface area contributed by atoms with Crippen molar-refractivity contribution in [1.82, 2.24) is 10.3 Å². The minimum Gasteiger partial charge on any atom is -0.451 e. The Kier molecular flexibility index (Phi) is 4.27. The standard InChI is InChI=1S/C16H12F2N2O4S/c1-9-11-4-2-3-5-13(11)24-15(9)16(21)19-20-25(22,23)14-8-10(17)6-7-12(14)18/h2-8,20H,1H3,(H,19,21).